The first kappa shape index (κ1) is 18.8. The summed E-state index contributed by atoms with van der Waals surface area (Å²) in [5.41, 5.74) is -0.596. The molecule has 0 aromatic heterocycles. The molecule has 0 saturated carbocycles. The predicted molar refractivity (Wildman–Crippen MR) is 89.6 cm³/mol. The predicted octanol–water partition coefficient (Wildman–Crippen LogP) is 2.93. The maximum atomic E-state index is 13.6. The molecule has 136 valence electrons. The van der Waals surface area contributed by atoms with Crippen LogP contribution in [0.1, 0.15) is 17.3 Å². The molecule has 0 aliphatic carbocycles. The number of halogens is 1. The lowest BCUT2D eigenvalue weighted by atomic mass is 10.1. The number of ether oxygens (including phenoxy) is 2. The zero-order valence-corrected chi connectivity index (χ0v) is 13.9. The number of methoxy groups -OCH3 is 1. The van der Waals surface area contributed by atoms with E-state index in [1.807, 2.05) is 0 Å². The van der Waals surface area contributed by atoms with Crippen LogP contribution in [0.25, 0.3) is 0 Å². The van der Waals surface area contributed by atoms with E-state index in [0.29, 0.717) is 0 Å². The van der Waals surface area contributed by atoms with Crippen LogP contribution in [0.3, 0.4) is 0 Å². The van der Waals surface area contributed by atoms with E-state index in [2.05, 4.69) is 5.32 Å². The number of non-ortho nitro benzene ring substituents is 1. The second-order valence-electron chi connectivity index (χ2n) is 5.16. The molecule has 2 rings (SSSR count). The van der Waals surface area contributed by atoms with Crippen LogP contribution in [0.5, 0.6) is 5.75 Å². The Hall–Kier alpha value is -3.49. The molecule has 26 heavy (non-hydrogen) atoms. The number of benzene rings is 2. The highest BCUT2D eigenvalue weighted by molar-refractivity contribution is 5.98. The molecule has 0 radical (unpaired) electrons. The molecule has 0 spiro atoms. The minimum Gasteiger partial charge on any atom is -0.496 e. The summed E-state index contributed by atoms with van der Waals surface area (Å²) in [6.07, 6.45) is -1.27. The van der Waals surface area contributed by atoms with Gasteiger partial charge in [0.15, 0.2) is 6.10 Å². The Labute approximate surface area is 147 Å². The van der Waals surface area contributed by atoms with Gasteiger partial charge in [0.2, 0.25) is 0 Å². The van der Waals surface area contributed by atoms with Crippen molar-refractivity contribution in [1.82, 2.24) is 0 Å². The molecule has 0 unspecified atom stereocenters. The van der Waals surface area contributed by atoms with Gasteiger partial charge in [-0.25, -0.2) is 9.18 Å². The molecule has 0 aliphatic rings. The number of nitro benzene ring substituents is 1. The summed E-state index contributed by atoms with van der Waals surface area (Å²) < 4.78 is 23.5. The van der Waals surface area contributed by atoms with Gasteiger partial charge >= 0.3 is 5.97 Å². The minimum atomic E-state index is -1.27. The Balaban J connectivity index is 2.13. The van der Waals surface area contributed by atoms with Crippen LogP contribution in [-0.4, -0.2) is 30.0 Å². The fraction of sp³-hybridized carbons (Fsp3) is 0.176. The van der Waals surface area contributed by atoms with E-state index in [4.69, 9.17) is 9.47 Å². The number of amides is 1. The molecule has 1 N–H and O–H groups in total. The van der Waals surface area contributed by atoms with Crippen molar-refractivity contribution in [3.8, 4) is 5.75 Å². The number of carbonyl (C=O) groups is 2. The molecular formula is C17H15FN2O6. The van der Waals surface area contributed by atoms with Crippen LogP contribution in [0.15, 0.2) is 42.5 Å². The zero-order chi connectivity index (χ0) is 19.3. The Kier molecular flexibility index (Phi) is 5.84. The molecule has 0 bridgehead atoms. The van der Waals surface area contributed by atoms with E-state index in [1.165, 1.54) is 50.4 Å². The van der Waals surface area contributed by atoms with E-state index < -0.39 is 28.7 Å². The number of rotatable bonds is 6. The normalized spacial score (nSPS) is 11.3. The van der Waals surface area contributed by atoms with Crippen molar-refractivity contribution in [2.75, 3.05) is 12.4 Å². The van der Waals surface area contributed by atoms with Crippen LogP contribution in [-0.2, 0) is 9.53 Å². The summed E-state index contributed by atoms with van der Waals surface area (Å²) in [5.74, 6) is -2.32. The van der Waals surface area contributed by atoms with Gasteiger partial charge in [0.1, 0.15) is 17.1 Å². The van der Waals surface area contributed by atoms with Crippen LogP contribution in [0, 0.1) is 15.9 Å². The molecule has 1 amide bonds. The van der Waals surface area contributed by atoms with E-state index in [-0.39, 0.29) is 22.7 Å². The minimum absolute atomic E-state index is 0.0577. The van der Waals surface area contributed by atoms with Crippen molar-refractivity contribution in [3.63, 3.8) is 0 Å². The number of nitrogens with zero attached hydrogens (tertiary/aromatic N) is 1. The van der Waals surface area contributed by atoms with Crippen LogP contribution in [0.4, 0.5) is 15.8 Å². The van der Waals surface area contributed by atoms with Gasteiger partial charge in [-0.3, -0.25) is 14.9 Å². The highest BCUT2D eigenvalue weighted by Gasteiger charge is 2.24. The summed E-state index contributed by atoms with van der Waals surface area (Å²) in [6.45, 7) is 1.29. The van der Waals surface area contributed by atoms with Gasteiger partial charge in [0.25, 0.3) is 11.6 Å². The fourth-order valence-corrected chi connectivity index (χ4v) is 2.04. The summed E-state index contributed by atoms with van der Waals surface area (Å²) in [7, 11) is 1.28. The third-order valence-corrected chi connectivity index (χ3v) is 3.40. The second-order valence-corrected chi connectivity index (χ2v) is 5.16. The lowest BCUT2D eigenvalue weighted by Gasteiger charge is -2.15. The van der Waals surface area contributed by atoms with E-state index in [1.54, 1.807) is 0 Å². The highest BCUT2D eigenvalue weighted by Crippen LogP contribution is 2.25. The first-order chi connectivity index (χ1) is 12.3. The maximum absolute atomic E-state index is 13.6. The molecule has 0 aliphatic heterocycles. The van der Waals surface area contributed by atoms with Gasteiger partial charge in [-0.1, -0.05) is 12.1 Å². The van der Waals surface area contributed by atoms with Crippen molar-refractivity contribution in [1.29, 1.82) is 0 Å². The van der Waals surface area contributed by atoms with Gasteiger partial charge in [-0.15, -0.1) is 0 Å². The molecule has 2 aromatic rings. The molecule has 1 atom stereocenters. The standard InChI is InChI=1S/C17H15FN2O6/c1-10(16(21)19-14-6-4-3-5-13(14)18)26-17(22)12-9-11(20(23)24)7-8-15(12)25-2/h3-10H,1-2H3,(H,19,21)/t10-/m0/s1. The number of nitro groups is 1. The first-order valence-corrected chi connectivity index (χ1v) is 7.42. The second kappa shape index (κ2) is 8.06. The maximum Gasteiger partial charge on any atom is 0.342 e. The first-order valence-electron chi connectivity index (χ1n) is 7.42. The van der Waals surface area contributed by atoms with Gasteiger partial charge in [-0.05, 0) is 25.1 Å². The summed E-state index contributed by atoms with van der Waals surface area (Å²) >= 11 is 0. The van der Waals surface area contributed by atoms with Crippen LogP contribution >= 0.6 is 0 Å². The van der Waals surface area contributed by atoms with Crippen molar-refractivity contribution in [3.05, 3.63) is 64.0 Å². The number of nitrogens with one attached hydrogen (secondary N) is 1. The number of esters is 1. The molecule has 0 saturated heterocycles. The monoisotopic (exact) mass is 362 g/mol. The Morgan fingerprint density at radius 2 is 1.92 bits per heavy atom. The molecule has 9 heteroatoms. The zero-order valence-electron chi connectivity index (χ0n) is 13.9. The van der Waals surface area contributed by atoms with Crippen molar-refractivity contribution < 1.29 is 28.4 Å². The Morgan fingerprint density at radius 1 is 1.23 bits per heavy atom. The summed E-state index contributed by atoms with van der Waals surface area (Å²) in [6, 6.07) is 8.92. The number of hydrogen-bond acceptors (Lipinski definition) is 6. The summed E-state index contributed by atoms with van der Waals surface area (Å²) in [4.78, 5) is 34.5. The number of carbonyl (C=O) groups excluding carboxylic acids is 2. The number of hydrogen-bond donors (Lipinski definition) is 1. The summed E-state index contributed by atoms with van der Waals surface area (Å²) in [5, 5.41) is 13.1. The van der Waals surface area contributed by atoms with Gasteiger partial charge in [0, 0.05) is 12.1 Å². The quantitative estimate of drug-likeness (QED) is 0.481. The largest absolute Gasteiger partial charge is 0.496 e. The third kappa shape index (κ3) is 4.32. The fourth-order valence-electron chi connectivity index (χ4n) is 2.04. The molecule has 0 fully saturated rings. The van der Waals surface area contributed by atoms with Crippen molar-refractivity contribution in [2.24, 2.45) is 0 Å². The average molecular weight is 362 g/mol. The van der Waals surface area contributed by atoms with Gasteiger partial charge in [-0.2, -0.15) is 0 Å². The number of anilines is 1. The molecular weight excluding hydrogens is 347 g/mol. The number of para-hydroxylation sites is 1. The van der Waals surface area contributed by atoms with Crippen LogP contribution in [0.2, 0.25) is 0 Å². The van der Waals surface area contributed by atoms with E-state index in [9.17, 15) is 24.1 Å². The van der Waals surface area contributed by atoms with Crippen LogP contribution < -0.4 is 10.1 Å². The molecule has 8 nitrogen and oxygen atoms in total. The third-order valence-electron chi connectivity index (χ3n) is 3.40. The Morgan fingerprint density at radius 3 is 2.54 bits per heavy atom. The highest BCUT2D eigenvalue weighted by atomic mass is 19.1. The van der Waals surface area contributed by atoms with E-state index in [0.717, 1.165) is 6.07 Å². The SMILES string of the molecule is COc1ccc([N+](=O)[O-])cc1C(=O)O[C@@H](C)C(=O)Nc1ccccc1F. The van der Waals surface area contributed by atoms with E-state index >= 15 is 0 Å². The molecule has 0 heterocycles. The lowest BCUT2D eigenvalue weighted by Crippen LogP contribution is -2.30. The smallest absolute Gasteiger partial charge is 0.342 e. The van der Waals surface area contributed by atoms with Crippen molar-refractivity contribution in [2.45, 2.75) is 13.0 Å². The topological polar surface area (TPSA) is 108 Å². The Bertz CT molecular complexity index is 855. The van der Waals surface area contributed by atoms with Crippen molar-refractivity contribution >= 4 is 23.3 Å². The lowest BCUT2D eigenvalue weighted by molar-refractivity contribution is -0.384. The average Bonchev–Trinajstić information content (AvgIpc) is 2.62. The van der Waals surface area contributed by atoms with Gasteiger partial charge < -0.3 is 14.8 Å². The van der Waals surface area contributed by atoms with Gasteiger partial charge in [0.05, 0.1) is 17.7 Å². The molecule has 2 aromatic carbocycles.